The monoisotopic (exact) mass is 273 g/mol. The van der Waals surface area contributed by atoms with Crippen molar-refractivity contribution in [2.75, 3.05) is 0 Å². The van der Waals surface area contributed by atoms with Crippen molar-refractivity contribution in [3.63, 3.8) is 0 Å². The Bertz CT molecular complexity index is 765. The summed E-state index contributed by atoms with van der Waals surface area (Å²) in [5, 5.41) is 9.95. The molecule has 6 heteroatoms. The number of aromatic nitrogens is 3. The third kappa shape index (κ3) is 1.94. The van der Waals surface area contributed by atoms with Crippen LogP contribution in [0.1, 0.15) is 10.5 Å². The van der Waals surface area contributed by atoms with Gasteiger partial charge in [-0.1, -0.05) is 23.7 Å². The van der Waals surface area contributed by atoms with E-state index >= 15 is 0 Å². The first-order valence-electron chi connectivity index (χ1n) is 5.48. The van der Waals surface area contributed by atoms with Crippen LogP contribution in [0.3, 0.4) is 0 Å². The minimum Gasteiger partial charge on any atom is -0.476 e. The number of carboxylic acids is 1. The van der Waals surface area contributed by atoms with Gasteiger partial charge in [0, 0.05) is 23.0 Å². The van der Waals surface area contributed by atoms with Gasteiger partial charge < -0.3 is 5.11 Å². The molecule has 1 N–H and O–H groups in total. The molecule has 94 valence electrons. The van der Waals surface area contributed by atoms with Gasteiger partial charge in [-0.15, -0.1) is 0 Å². The lowest BCUT2D eigenvalue weighted by molar-refractivity contribution is 0.0690. The van der Waals surface area contributed by atoms with Crippen LogP contribution in [0.4, 0.5) is 0 Å². The topological polar surface area (TPSA) is 67.5 Å². The fraction of sp³-hybridized carbons (Fsp3) is 0. The average Bonchev–Trinajstić information content (AvgIpc) is 2.78. The molecule has 0 radical (unpaired) electrons. The van der Waals surface area contributed by atoms with Gasteiger partial charge in [-0.25, -0.2) is 9.78 Å². The smallest absolute Gasteiger partial charge is 0.355 e. The van der Waals surface area contributed by atoms with Crippen LogP contribution in [-0.2, 0) is 0 Å². The van der Waals surface area contributed by atoms with Gasteiger partial charge in [-0.3, -0.25) is 9.38 Å². The van der Waals surface area contributed by atoms with Crippen LogP contribution in [0, 0.1) is 0 Å². The molecule has 3 rings (SSSR count). The zero-order valence-electron chi connectivity index (χ0n) is 9.62. The summed E-state index contributed by atoms with van der Waals surface area (Å²) in [7, 11) is 0. The highest BCUT2D eigenvalue weighted by Crippen LogP contribution is 2.25. The van der Waals surface area contributed by atoms with E-state index in [9.17, 15) is 9.90 Å². The maximum Gasteiger partial charge on any atom is 0.355 e. The third-order valence-corrected chi connectivity index (χ3v) is 3.00. The van der Waals surface area contributed by atoms with Gasteiger partial charge in [0.15, 0.2) is 11.3 Å². The number of hydrogen-bond donors (Lipinski definition) is 1. The quantitative estimate of drug-likeness (QED) is 0.779. The maximum absolute atomic E-state index is 11.4. The first-order chi connectivity index (χ1) is 9.16. The summed E-state index contributed by atoms with van der Waals surface area (Å²) in [4.78, 5) is 19.7. The van der Waals surface area contributed by atoms with Crippen molar-refractivity contribution in [3.8, 4) is 11.3 Å². The van der Waals surface area contributed by atoms with E-state index in [2.05, 4.69) is 9.97 Å². The zero-order valence-corrected chi connectivity index (χ0v) is 10.4. The number of aromatic carboxylic acids is 1. The van der Waals surface area contributed by atoms with Crippen LogP contribution in [-0.4, -0.2) is 25.4 Å². The highest BCUT2D eigenvalue weighted by atomic mass is 35.5. The molecule has 19 heavy (non-hydrogen) atoms. The number of hydrogen-bond acceptors (Lipinski definition) is 3. The van der Waals surface area contributed by atoms with Gasteiger partial charge in [-0.05, 0) is 12.1 Å². The van der Waals surface area contributed by atoms with Gasteiger partial charge in [0.2, 0.25) is 0 Å². The number of nitrogens with zero attached hydrogens (tertiary/aromatic N) is 3. The van der Waals surface area contributed by atoms with Gasteiger partial charge in [-0.2, -0.15) is 0 Å². The third-order valence-electron chi connectivity index (χ3n) is 2.75. The highest BCUT2D eigenvalue weighted by Gasteiger charge is 2.19. The van der Waals surface area contributed by atoms with Crippen molar-refractivity contribution < 1.29 is 9.90 Å². The molecule has 3 aromatic rings. The molecule has 1 aromatic carbocycles. The molecule has 0 atom stereocenters. The second kappa shape index (κ2) is 4.37. The molecule has 2 aromatic heterocycles. The fourth-order valence-corrected chi connectivity index (χ4v) is 2.05. The number of halogens is 1. The molecule has 5 nitrogen and oxygen atoms in total. The standard InChI is InChI=1S/C13H8ClN3O2/c14-9-3-1-8(2-4-9)11-12(13(18)19)17-6-5-15-7-10(17)16-11/h1-7H,(H,18,19). The van der Waals surface area contributed by atoms with E-state index in [0.29, 0.717) is 21.9 Å². The summed E-state index contributed by atoms with van der Waals surface area (Å²) >= 11 is 5.83. The second-order valence-electron chi connectivity index (χ2n) is 3.93. The van der Waals surface area contributed by atoms with Crippen LogP contribution in [0.2, 0.25) is 5.02 Å². The average molecular weight is 274 g/mol. The highest BCUT2D eigenvalue weighted by molar-refractivity contribution is 6.30. The Morgan fingerprint density at radius 2 is 2.00 bits per heavy atom. The molecular formula is C13H8ClN3O2. The molecule has 2 heterocycles. The van der Waals surface area contributed by atoms with Gasteiger partial charge >= 0.3 is 5.97 Å². The Kier molecular flexibility index (Phi) is 2.68. The number of carboxylic acid groups (broad SMARTS) is 1. The number of rotatable bonds is 2. The maximum atomic E-state index is 11.4. The lowest BCUT2D eigenvalue weighted by Gasteiger charge is -2.00. The van der Waals surface area contributed by atoms with Crippen molar-refractivity contribution in [1.82, 2.24) is 14.4 Å². The summed E-state index contributed by atoms with van der Waals surface area (Å²) in [6.45, 7) is 0. The number of imidazole rings is 1. The van der Waals surface area contributed by atoms with Gasteiger partial charge in [0.1, 0.15) is 5.69 Å². The van der Waals surface area contributed by atoms with Crippen LogP contribution in [0.15, 0.2) is 42.9 Å². The van der Waals surface area contributed by atoms with Gasteiger partial charge in [0.05, 0.1) is 6.20 Å². The van der Waals surface area contributed by atoms with Crippen LogP contribution in [0.5, 0.6) is 0 Å². The van der Waals surface area contributed by atoms with Crippen molar-refractivity contribution in [1.29, 1.82) is 0 Å². The van der Waals surface area contributed by atoms with Crippen LogP contribution in [0.25, 0.3) is 16.9 Å². The SMILES string of the molecule is O=C(O)c1c(-c2ccc(Cl)cc2)nc2cnccn12. The van der Waals surface area contributed by atoms with Crippen molar-refractivity contribution in [3.05, 3.63) is 53.6 Å². The molecule has 0 saturated carbocycles. The summed E-state index contributed by atoms with van der Waals surface area (Å²) in [6, 6.07) is 6.88. The lowest BCUT2D eigenvalue weighted by atomic mass is 10.1. The Balaban J connectivity index is 2.31. The van der Waals surface area contributed by atoms with E-state index in [1.807, 2.05) is 0 Å². The molecule has 0 aliphatic carbocycles. The van der Waals surface area contributed by atoms with E-state index < -0.39 is 5.97 Å². The number of fused-ring (bicyclic) bond motifs is 1. The molecule has 0 saturated heterocycles. The van der Waals surface area contributed by atoms with E-state index in [1.165, 1.54) is 16.8 Å². The van der Waals surface area contributed by atoms with Gasteiger partial charge in [0.25, 0.3) is 0 Å². The van der Waals surface area contributed by atoms with Crippen molar-refractivity contribution >= 4 is 23.2 Å². The van der Waals surface area contributed by atoms with Crippen LogP contribution < -0.4 is 0 Å². The lowest BCUT2D eigenvalue weighted by Crippen LogP contribution is -2.03. The molecular weight excluding hydrogens is 266 g/mol. The first kappa shape index (κ1) is 11.7. The molecule has 0 aliphatic heterocycles. The first-order valence-corrected chi connectivity index (χ1v) is 5.86. The van der Waals surface area contributed by atoms with E-state index in [4.69, 9.17) is 11.6 Å². The van der Waals surface area contributed by atoms with Crippen LogP contribution >= 0.6 is 11.6 Å². The number of carbonyl (C=O) groups is 1. The summed E-state index contributed by atoms with van der Waals surface area (Å²) in [6.07, 6.45) is 4.61. The second-order valence-corrected chi connectivity index (χ2v) is 4.36. The molecule has 0 unspecified atom stereocenters. The Labute approximate surface area is 113 Å². The summed E-state index contributed by atoms with van der Waals surface area (Å²) < 4.78 is 1.50. The van der Waals surface area contributed by atoms with Crippen molar-refractivity contribution in [2.24, 2.45) is 0 Å². The molecule has 0 spiro atoms. The van der Waals surface area contributed by atoms with E-state index in [0.717, 1.165) is 0 Å². The van der Waals surface area contributed by atoms with Crippen molar-refractivity contribution in [2.45, 2.75) is 0 Å². The minimum absolute atomic E-state index is 0.111. The predicted molar refractivity (Wildman–Crippen MR) is 70.4 cm³/mol. The Hall–Kier alpha value is -2.40. The summed E-state index contributed by atoms with van der Waals surface area (Å²) in [5.41, 5.74) is 1.70. The van der Waals surface area contributed by atoms with E-state index in [1.54, 1.807) is 30.5 Å². The normalized spacial score (nSPS) is 10.8. The molecule has 0 amide bonds. The number of benzene rings is 1. The Morgan fingerprint density at radius 1 is 1.26 bits per heavy atom. The minimum atomic E-state index is -1.04. The molecule has 0 fully saturated rings. The Morgan fingerprint density at radius 3 is 2.68 bits per heavy atom. The fourth-order valence-electron chi connectivity index (χ4n) is 1.92. The molecule has 0 bridgehead atoms. The summed E-state index contributed by atoms with van der Waals surface area (Å²) in [5.74, 6) is -1.04. The zero-order chi connectivity index (χ0) is 13.4. The molecule has 0 aliphatic rings. The largest absolute Gasteiger partial charge is 0.476 e. The predicted octanol–water partition coefficient (Wildman–Crippen LogP) is 2.75. The van der Waals surface area contributed by atoms with E-state index in [-0.39, 0.29) is 5.69 Å².